The number of nitrogens with zero attached hydrogens (tertiary/aromatic N) is 2. The molecule has 0 spiro atoms. The van der Waals surface area contributed by atoms with Crippen LogP contribution in [0.4, 0.5) is 4.39 Å². The first-order valence-corrected chi connectivity index (χ1v) is 12.1. The van der Waals surface area contributed by atoms with E-state index < -0.39 is 0 Å². The zero-order valence-corrected chi connectivity index (χ0v) is 19.9. The summed E-state index contributed by atoms with van der Waals surface area (Å²) in [6, 6.07) is 18.0. The van der Waals surface area contributed by atoms with E-state index >= 15 is 0 Å². The highest BCUT2D eigenvalue weighted by Gasteiger charge is 2.20. The number of likely N-dealkylation sites (tertiary alicyclic amines) is 1. The number of pyridine rings is 1. The number of hydrogen-bond donors (Lipinski definition) is 1. The van der Waals surface area contributed by atoms with E-state index in [0.717, 1.165) is 38.9 Å². The molecule has 0 bridgehead atoms. The summed E-state index contributed by atoms with van der Waals surface area (Å²) in [7, 11) is 0. The Kier molecular flexibility index (Phi) is 8.32. The summed E-state index contributed by atoms with van der Waals surface area (Å²) in [5, 5.41) is 0. The third-order valence-corrected chi connectivity index (χ3v) is 6.53. The van der Waals surface area contributed by atoms with Gasteiger partial charge in [0.1, 0.15) is 18.2 Å². The lowest BCUT2D eigenvalue weighted by atomic mass is 9.93. The molecule has 1 aliphatic heterocycles. The van der Waals surface area contributed by atoms with Crippen molar-refractivity contribution in [1.82, 2.24) is 9.47 Å². The average Bonchev–Trinajstić information content (AvgIpc) is 2.84. The first-order chi connectivity index (χ1) is 16.9. The van der Waals surface area contributed by atoms with Crippen LogP contribution in [-0.4, -0.2) is 28.5 Å². The van der Waals surface area contributed by atoms with Crippen molar-refractivity contribution >= 4 is 5.91 Å². The van der Waals surface area contributed by atoms with Gasteiger partial charge >= 0.3 is 0 Å². The molecule has 2 heterocycles. The third kappa shape index (κ3) is 7.52. The number of halogens is 1. The summed E-state index contributed by atoms with van der Waals surface area (Å²) in [4.78, 5) is 26.0. The Hall–Kier alpha value is -3.45. The van der Waals surface area contributed by atoms with Gasteiger partial charge in [-0.15, -0.1) is 0 Å². The minimum absolute atomic E-state index is 0.127. The highest BCUT2D eigenvalue weighted by molar-refractivity contribution is 5.74. The highest BCUT2D eigenvalue weighted by atomic mass is 19.1. The smallest absolute Gasteiger partial charge is 0.254 e. The zero-order valence-electron chi connectivity index (χ0n) is 19.9. The zero-order chi connectivity index (χ0) is 24.6. The number of carbonyl (C=O) groups is 1. The van der Waals surface area contributed by atoms with Gasteiger partial charge in [0.25, 0.3) is 5.56 Å². The van der Waals surface area contributed by atoms with Crippen LogP contribution in [0.15, 0.2) is 71.7 Å². The highest BCUT2D eigenvalue weighted by Crippen LogP contribution is 2.21. The Morgan fingerprint density at radius 1 is 1.00 bits per heavy atom. The summed E-state index contributed by atoms with van der Waals surface area (Å²) in [5.74, 6) is 0.379. The van der Waals surface area contributed by atoms with E-state index in [1.54, 1.807) is 29.0 Å². The molecule has 35 heavy (non-hydrogen) atoms. The van der Waals surface area contributed by atoms with E-state index in [4.69, 9.17) is 10.5 Å². The molecular formula is C28H32FN3O3. The molecule has 3 aromatic rings. The van der Waals surface area contributed by atoms with Gasteiger partial charge in [-0.1, -0.05) is 36.4 Å². The van der Waals surface area contributed by atoms with Gasteiger partial charge in [0.05, 0.1) is 0 Å². The normalized spacial score (nSPS) is 14.7. The molecule has 1 saturated heterocycles. The molecule has 0 atom stereocenters. The lowest BCUT2D eigenvalue weighted by molar-refractivity contribution is -0.119. The largest absolute Gasteiger partial charge is 0.489 e. The molecule has 0 aliphatic carbocycles. The van der Waals surface area contributed by atoms with Crippen LogP contribution >= 0.6 is 0 Å². The molecule has 1 aliphatic rings. The van der Waals surface area contributed by atoms with Crippen molar-refractivity contribution in [3.05, 3.63) is 99.7 Å². The van der Waals surface area contributed by atoms with Gasteiger partial charge < -0.3 is 15.0 Å². The van der Waals surface area contributed by atoms with Crippen molar-refractivity contribution in [1.29, 1.82) is 0 Å². The molecule has 184 valence electrons. The number of primary amides is 1. The van der Waals surface area contributed by atoms with E-state index in [9.17, 15) is 14.0 Å². The van der Waals surface area contributed by atoms with Crippen molar-refractivity contribution in [2.24, 2.45) is 11.7 Å². The van der Waals surface area contributed by atoms with Crippen LogP contribution in [0.5, 0.6) is 5.75 Å². The first kappa shape index (κ1) is 24.7. The molecule has 2 aromatic carbocycles. The predicted octanol–water partition coefficient (Wildman–Crippen LogP) is 3.90. The van der Waals surface area contributed by atoms with Crippen LogP contribution in [0.25, 0.3) is 0 Å². The van der Waals surface area contributed by atoms with Gasteiger partial charge in [-0.05, 0) is 73.2 Å². The van der Waals surface area contributed by atoms with Crippen molar-refractivity contribution in [3.63, 3.8) is 0 Å². The van der Waals surface area contributed by atoms with E-state index in [-0.39, 0.29) is 23.9 Å². The fourth-order valence-electron chi connectivity index (χ4n) is 4.51. The summed E-state index contributed by atoms with van der Waals surface area (Å²) >= 11 is 0. The number of carbonyl (C=O) groups excluding carboxylic acids is 1. The second kappa shape index (κ2) is 11.8. The molecule has 0 saturated carbocycles. The van der Waals surface area contributed by atoms with Gasteiger partial charge in [0.15, 0.2) is 0 Å². The molecule has 2 N–H and O–H groups in total. The average molecular weight is 478 g/mol. The van der Waals surface area contributed by atoms with Crippen molar-refractivity contribution in [2.75, 3.05) is 13.1 Å². The molecule has 0 unspecified atom stereocenters. The van der Waals surface area contributed by atoms with Crippen molar-refractivity contribution in [3.8, 4) is 5.75 Å². The quantitative estimate of drug-likeness (QED) is 0.481. The van der Waals surface area contributed by atoms with E-state index in [0.29, 0.717) is 30.2 Å². The molecule has 1 aromatic heterocycles. The van der Waals surface area contributed by atoms with Gasteiger partial charge in [0.2, 0.25) is 5.91 Å². The summed E-state index contributed by atoms with van der Waals surface area (Å²) < 4.78 is 20.6. The second-order valence-corrected chi connectivity index (χ2v) is 9.27. The number of aryl methyl sites for hydroxylation is 2. The van der Waals surface area contributed by atoms with Crippen LogP contribution in [-0.2, 0) is 30.9 Å². The molecule has 1 amide bonds. The number of benzene rings is 2. The monoisotopic (exact) mass is 477 g/mol. The lowest BCUT2D eigenvalue weighted by Gasteiger charge is -2.31. The molecule has 4 rings (SSSR count). The van der Waals surface area contributed by atoms with Crippen LogP contribution in [0.1, 0.15) is 36.0 Å². The number of nitrogens with two attached hydrogens (primary N) is 1. The maximum Gasteiger partial charge on any atom is 0.254 e. The number of rotatable bonds is 10. The van der Waals surface area contributed by atoms with E-state index in [1.807, 2.05) is 0 Å². The Balaban J connectivity index is 1.23. The molecule has 6 nitrogen and oxygen atoms in total. The number of piperidine rings is 1. The number of ether oxygens (including phenoxy) is 1. The minimum Gasteiger partial charge on any atom is -0.489 e. The second-order valence-electron chi connectivity index (χ2n) is 9.27. The third-order valence-electron chi connectivity index (χ3n) is 6.53. The van der Waals surface area contributed by atoms with Crippen molar-refractivity contribution < 1.29 is 13.9 Å². The SMILES string of the molecule is NC(=O)CC1CCN(Cc2ccc(CCn3ccc(OCc4cccc(F)c4)cc3=O)cc2)CC1. The topological polar surface area (TPSA) is 77.6 Å². The molecule has 1 fully saturated rings. The van der Waals surface area contributed by atoms with Crippen LogP contribution in [0.3, 0.4) is 0 Å². The van der Waals surface area contributed by atoms with Gasteiger partial charge in [-0.2, -0.15) is 0 Å². The lowest BCUT2D eigenvalue weighted by Crippen LogP contribution is -2.34. The van der Waals surface area contributed by atoms with Crippen LogP contribution in [0.2, 0.25) is 0 Å². The van der Waals surface area contributed by atoms with Gasteiger partial charge in [-0.25, -0.2) is 4.39 Å². The Labute approximate surface area is 205 Å². The number of amides is 1. The standard InChI is InChI=1S/C28H32FN3O3/c29-25-3-1-2-24(16-25)20-35-26-11-15-32(28(34)18-26)14-10-21-4-6-23(7-5-21)19-31-12-8-22(9-13-31)17-27(30)33/h1-7,11,15-16,18,22H,8-10,12-14,17,19-20H2,(H2,30,33). The van der Waals surface area contributed by atoms with Crippen LogP contribution < -0.4 is 16.0 Å². The van der Waals surface area contributed by atoms with Gasteiger partial charge in [-0.3, -0.25) is 14.5 Å². The predicted molar refractivity (Wildman–Crippen MR) is 133 cm³/mol. The first-order valence-electron chi connectivity index (χ1n) is 12.1. The van der Waals surface area contributed by atoms with Crippen molar-refractivity contribution in [2.45, 2.75) is 45.4 Å². The minimum atomic E-state index is -0.309. The van der Waals surface area contributed by atoms with Crippen LogP contribution in [0, 0.1) is 11.7 Å². The summed E-state index contributed by atoms with van der Waals surface area (Å²) in [5.41, 5.74) is 8.34. The maximum absolute atomic E-state index is 13.3. The maximum atomic E-state index is 13.3. The fourth-order valence-corrected chi connectivity index (χ4v) is 4.51. The Bertz CT molecular complexity index is 1180. The van der Waals surface area contributed by atoms with E-state index in [1.165, 1.54) is 29.3 Å². The fraction of sp³-hybridized carbons (Fsp3) is 0.357. The molecule has 7 heteroatoms. The van der Waals surface area contributed by atoms with Gasteiger partial charge in [0, 0.05) is 31.8 Å². The molecule has 0 radical (unpaired) electrons. The summed E-state index contributed by atoms with van der Waals surface area (Å²) in [6.45, 7) is 3.67. The number of aromatic nitrogens is 1. The number of hydrogen-bond acceptors (Lipinski definition) is 4. The molecular weight excluding hydrogens is 445 g/mol. The van der Waals surface area contributed by atoms with E-state index in [2.05, 4.69) is 29.2 Å². The Morgan fingerprint density at radius 2 is 1.74 bits per heavy atom. The summed E-state index contributed by atoms with van der Waals surface area (Å²) in [6.07, 6.45) is 5.02. The Morgan fingerprint density at radius 3 is 2.43 bits per heavy atom.